The fourth-order valence-electron chi connectivity index (χ4n) is 2.52. The highest BCUT2D eigenvalue weighted by atomic mass is 79.9. The smallest absolute Gasteiger partial charge is 0.416 e. The van der Waals surface area contributed by atoms with E-state index in [1.165, 1.54) is 24.3 Å². The van der Waals surface area contributed by atoms with Crippen molar-refractivity contribution in [3.05, 3.63) is 90.0 Å². The molecule has 3 aromatic rings. The minimum atomic E-state index is -4.45. The Morgan fingerprint density at radius 1 is 0.464 bits per heavy atom. The number of alkyl halides is 6. The summed E-state index contributed by atoms with van der Waals surface area (Å²) in [5.41, 5.74) is -1.54. The zero-order valence-corrected chi connectivity index (χ0v) is 16.5. The quantitative estimate of drug-likeness (QED) is 0.396. The van der Waals surface area contributed by atoms with Crippen molar-refractivity contribution in [1.82, 2.24) is 0 Å². The first kappa shape index (κ1) is 22.4. The van der Waals surface area contributed by atoms with Gasteiger partial charge in [0.15, 0.2) is 14.7 Å². The van der Waals surface area contributed by atoms with Gasteiger partial charge < -0.3 is 17.0 Å². The van der Waals surface area contributed by atoms with E-state index in [4.69, 9.17) is 0 Å². The van der Waals surface area contributed by atoms with Crippen LogP contribution >= 0.6 is 0 Å². The van der Waals surface area contributed by atoms with Crippen LogP contribution in [0.15, 0.2) is 93.5 Å². The SMILES string of the molecule is FC(F)(F)c1ccc([S+](c2ccccc2)c2ccc(C(F)(F)F)cc2)cc1.[Br-]. The minimum Gasteiger partial charge on any atom is -1.00 e. The van der Waals surface area contributed by atoms with Crippen LogP contribution in [0.1, 0.15) is 11.1 Å². The van der Waals surface area contributed by atoms with Gasteiger partial charge in [0.2, 0.25) is 0 Å². The predicted molar refractivity (Wildman–Crippen MR) is 91.5 cm³/mol. The summed E-state index contributed by atoms with van der Waals surface area (Å²) in [6.07, 6.45) is -8.89. The van der Waals surface area contributed by atoms with Gasteiger partial charge in [-0.1, -0.05) is 18.2 Å². The molecule has 0 amide bonds. The summed E-state index contributed by atoms with van der Waals surface area (Å²) in [6.45, 7) is 0. The summed E-state index contributed by atoms with van der Waals surface area (Å²) >= 11 is 0. The fraction of sp³-hybridized carbons (Fsp3) is 0.100. The van der Waals surface area contributed by atoms with Gasteiger partial charge in [-0.2, -0.15) is 26.3 Å². The van der Waals surface area contributed by atoms with Crippen LogP contribution in [0.3, 0.4) is 0 Å². The van der Waals surface area contributed by atoms with Gasteiger partial charge in [-0.3, -0.25) is 0 Å². The van der Waals surface area contributed by atoms with Crippen LogP contribution in [0.4, 0.5) is 26.3 Å². The highest BCUT2D eigenvalue weighted by molar-refractivity contribution is 7.97. The van der Waals surface area contributed by atoms with Crippen molar-refractivity contribution < 1.29 is 43.3 Å². The molecule has 0 aliphatic carbocycles. The molecule has 0 aromatic heterocycles. The molecule has 0 aliphatic rings. The van der Waals surface area contributed by atoms with Crippen molar-refractivity contribution in [2.75, 3.05) is 0 Å². The number of hydrogen-bond donors (Lipinski definition) is 0. The Morgan fingerprint density at radius 2 is 0.786 bits per heavy atom. The highest BCUT2D eigenvalue weighted by Crippen LogP contribution is 2.36. The Labute approximate surface area is 171 Å². The molecule has 0 saturated carbocycles. The van der Waals surface area contributed by atoms with Crippen molar-refractivity contribution >= 4 is 10.9 Å². The number of hydrogen-bond acceptors (Lipinski definition) is 0. The molecular weight excluding hydrogens is 466 g/mol. The maximum absolute atomic E-state index is 12.8. The lowest BCUT2D eigenvalue weighted by atomic mass is 10.2. The maximum atomic E-state index is 12.8. The lowest BCUT2D eigenvalue weighted by molar-refractivity contribution is -0.138. The molecule has 0 saturated heterocycles. The van der Waals surface area contributed by atoms with Crippen molar-refractivity contribution in [2.45, 2.75) is 27.0 Å². The van der Waals surface area contributed by atoms with E-state index < -0.39 is 34.4 Å². The van der Waals surface area contributed by atoms with Gasteiger partial charge in [-0.25, -0.2) is 0 Å². The molecule has 3 aromatic carbocycles. The van der Waals surface area contributed by atoms with E-state index in [1.807, 2.05) is 0 Å². The molecule has 0 spiro atoms. The second-order valence-corrected chi connectivity index (χ2v) is 7.69. The zero-order chi connectivity index (χ0) is 19.7. The average Bonchev–Trinajstić information content (AvgIpc) is 2.62. The highest BCUT2D eigenvalue weighted by Gasteiger charge is 2.35. The molecule has 3 rings (SSSR count). The first-order valence-corrected chi connectivity index (χ1v) is 9.02. The van der Waals surface area contributed by atoms with E-state index in [-0.39, 0.29) is 17.0 Å². The lowest BCUT2D eigenvalue weighted by Crippen LogP contribution is -3.00. The molecule has 0 radical (unpaired) electrons. The Balaban J connectivity index is 0.00000280. The van der Waals surface area contributed by atoms with Gasteiger partial charge in [0, 0.05) is 0 Å². The third kappa shape index (κ3) is 5.11. The van der Waals surface area contributed by atoms with E-state index in [0.717, 1.165) is 29.2 Å². The molecule has 0 heterocycles. The van der Waals surface area contributed by atoms with Crippen molar-refractivity contribution in [3.8, 4) is 0 Å². The Kier molecular flexibility index (Phi) is 6.88. The van der Waals surface area contributed by atoms with Crippen LogP contribution in [0.2, 0.25) is 0 Å². The lowest BCUT2D eigenvalue weighted by Gasteiger charge is -2.11. The number of halogens is 7. The molecule has 0 atom stereocenters. The standard InChI is InChI=1S/C20H13F6S.BrH/c21-19(22,23)14-6-10-17(11-7-14)27(16-4-2-1-3-5-16)18-12-8-15(9-13-18)20(24,25)26;/h1-13H;1H/q+1;/p-1. The molecule has 0 N–H and O–H groups in total. The largest absolute Gasteiger partial charge is 1.00 e. The Hall–Kier alpha value is -1.93. The van der Waals surface area contributed by atoms with E-state index in [0.29, 0.717) is 9.79 Å². The molecule has 148 valence electrons. The molecule has 28 heavy (non-hydrogen) atoms. The summed E-state index contributed by atoms with van der Waals surface area (Å²) in [5.74, 6) is 0. The summed E-state index contributed by atoms with van der Waals surface area (Å²) in [5, 5.41) is 0. The first-order chi connectivity index (χ1) is 12.7. The zero-order valence-electron chi connectivity index (χ0n) is 14.1. The molecule has 0 nitrogen and oxygen atoms in total. The Bertz CT molecular complexity index is 830. The monoisotopic (exact) mass is 478 g/mol. The minimum absolute atomic E-state index is 0. The van der Waals surface area contributed by atoms with Gasteiger partial charge in [0.25, 0.3) is 0 Å². The third-order valence-corrected chi connectivity index (χ3v) is 6.04. The van der Waals surface area contributed by atoms with Gasteiger partial charge in [0.05, 0.1) is 22.0 Å². The van der Waals surface area contributed by atoms with E-state index >= 15 is 0 Å². The van der Waals surface area contributed by atoms with Crippen molar-refractivity contribution in [3.63, 3.8) is 0 Å². The number of rotatable bonds is 3. The molecule has 8 heteroatoms. The van der Waals surface area contributed by atoms with Crippen LogP contribution in [-0.2, 0) is 23.2 Å². The van der Waals surface area contributed by atoms with Crippen LogP contribution < -0.4 is 17.0 Å². The van der Waals surface area contributed by atoms with Crippen LogP contribution in [0, 0.1) is 0 Å². The normalized spacial score (nSPS) is 12.0. The molecule has 0 unspecified atom stereocenters. The molecule has 0 aliphatic heterocycles. The van der Waals surface area contributed by atoms with Crippen molar-refractivity contribution in [2.24, 2.45) is 0 Å². The number of benzene rings is 3. The van der Waals surface area contributed by atoms with Gasteiger partial charge in [-0.05, 0) is 60.7 Å². The average molecular weight is 479 g/mol. The summed E-state index contributed by atoms with van der Waals surface area (Å²) in [7, 11) is -0.819. The van der Waals surface area contributed by atoms with E-state index in [1.54, 1.807) is 30.3 Å². The van der Waals surface area contributed by atoms with Crippen LogP contribution in [0.5, 0.6) is 0 Å². The molecule has 0 bridgehead atoms. The van der Waals surface area contributed by atoms with Gasteiger partial charge in [0.1, 0.15) is 0 Å². The molecule has 0 fully saturated rings. The first-order valence-electron chi connectivity index (χ1n) is 7.80. The summed E-state index contributed by atoms with van der Waals surface area (Å²) in [6, 6.07) is 18.4. The summed E-state index contributed by atoms with van der Waals surface area (Å²) in [4.78, 5) is 1.99. The second-order valence-electron chi connectivity index (χ2n) is 5.66. The topological polar surface area (TPSA) is 0 Å². The van der Waals surface area contributed by atoms with Crippen molar-refractivity contribution in [1.29, 1.82) is 0 Å². The van der Waals surface area contributed by atoms with Gasteiger partial charge >= 0.3 is 12.4 Å². The van der Waals surface area contributed by atoms with E-state index in [9.17, 15) is 26.3 Å². The predicted octanol–water partition coefficient (Wildman–Crippen LogP) is 3.82. The maximum Gasteiger partial charge on any atom is 0.416 e. The summed E-state index contributed by atoms with van der Waals surface area (Å²) < 4.78 is 76.9. The fourth-order valence-corrected chi connectivity index (χ4v) is 4.59. The third-order valence-electron chi connectivity index (χ3n) is 3.81. The van der Waals surface area contributed by atoms with Crippen LogP contribution in [0.25, 0.3) is 0 Å². The van der Waals surface area contributed by atoms with Crippen LogP contribution in [-0.4, -0.2) is 0 Å². The van der Waals surface area contributed by atoms with Gasteiger partial charge in [-0.15, -0.1) is 0 Å². The second kappa shape index (κ2) is 8.61. The van der Waals surface area contributed by atoms with E-state index in [2.05, 4.69) is 0 Å². The Morgan fingerprint density at radius 3 is 1.11 bits per heavy atom. The molecular formula is C20H13BrF6S.